The Morgan fingerprint density at radius 2 is 1.93 bits per heavy atom. The lowest BCUT2D eigenvalue weighted by atomic mass is 9.99. The molecule has 1 aromatic carbocycles. The highest BCUT2D eigenvalue weighted by atomic mass is 32.1. The molecule has 1 aliphatic rings. The van der Waals surface area contributed by atoms with Gasteiger partial charge >= 0.3 is 0 Å². The first-order chi connectivity index (χ1) is 14.0. The lowest BCUT2D eigenvalue weighted by molar-refractivity contribution is 0.0951. The molecular weight excluding hydrogens is 388 g/mol. The van der Waals surface area contributed by atoms with Crippen LogP contribution in [0.3, 0.4) is 0 Å². The van der Waals surface area contributed by atoms with Crippen molar-refractivity contribution >= 4 is 27.5 Å². The van der Waals surface area contributed by atoms with E-state index >= 15 is 0 Å². The fourth-order valence-electron chi connectivity index (χ4n) is 3.86. The minimum Gasteiger partial charge on any atom is -0.493 e. The molecule has 3 heterocycles. The van der Waals surface area contributed by atoms with Gasteiger partial charge in [0.1, 0.15) is 4.83 Å². The zero-order valence-electron chi connectivity index (χ0n) is 17.2. The highest BCUT2D eigenvalue weighted by Crippen LogP contribution is 2.33. The molecule has 4 rings (SSSR count). The second kappa shape index (κ2) is 8.04. The van der Waals surface area contributed by atoms with E-state index in [0.29, 0.717) is 6.54 Å². The van der Waals surface area contributed by atoms with Gasteiger partial charge in [0.25, 0.3) is 5.91 Å². The highest BCUT2D eigenvalue weighted by molar-refractivity contribution is 7.20. The first-order valence-electron chi connectivity index (χ1n) is 9.67. The molecule has 0 bridgehead atoms. The summed E-state index contributed by atoms with van der Waals surface area (Å²) in [6.45, 7) is 5.21. The Kier molecular flexibility index (Phi) is 5.47. The predicted octanol–water partition coefficient (Wildman–Crippen LogP) is 2.75. The molecule has 0 unspecified atom stereocenters. The first kappa shape index (κ1) is 19.7. The number of amides is 1. The van der Waals surface area contributed by atoms with Gasteiger partial charge in [-0.2, -0.15) is 5.10 Å². The smallest absolute Gasteiger partial charge is 0.261 e. The van der Waals surface area contributed by atoms with Crippen LogP contribution in [-0.2, 0) is 20.0 Å². The molecule has 1 N–H and O–H groups in total. The summed E-state index contributed by atoms with van der Waals surface area (Å²) < 4.78 is 12.7. The van der Waals surface area contributed by atoms with E-state index in [4.69, 9.17) is 9.47 Å². The molecule has 0 saturated carbocycles. The van der Waals surface area contributed by atoms with Gasteiger partial charge in [-0.1, -0.05) is 0 Å². The minimum absolute atomic E-state index is 0.0191. The number of benzene rings is 1. The van der Waals surface area contributed by atoms with E-state index in [1.165, 1.54) is 22.5 Å². The maximum Gasteiger partial charge on any atom is 0.261 e. The lowest BCUT2D eigenvalue weighted by Gasteiger charge is -2.29. The summed E-state index contributed by atoms with van der Waals surface area (Å²) in [5, 5.41) is 8.50. The fourth-order valence-corrected chi connectivity index (χ4v) is 4.90. The van der Waals surface area contributed by atoms with Crippen molar-refractivity contribution in [2.24, 2.45) is 7.05 Å². The molecule has 0 fully saturated rings. The predicted molar refractivity (Wildman–Crippen MR) is 114 cm³/mol. The van der Waals surface area contributed by atoms with E-state index in [-0.39, 0.29) is 5.91 Å². The van der Waals surface area contributed by atoms with Gasteiger partial charge in [0.15, 0.2) is 11.5 Å². The van der Waals surface area contributed by atoms with E-state index in [9.17, 15) is 4.79 Å². The Morgan fingerprint density at radius 3 is 2.62 bits per heavy atom. The molecule has 2 aromatic heterocycles. The van der Waals surface area contributed by atoms with E-state index in [0.717, 1.165) is 58.3 Å². The van der Waals surface area contributed by atoms with Gasteiger partial charge in [0.05, 0.1) is 24.8 Å². The third-order valence-electron chi connectivity index (χ3n) is 5.43. The number of ether oxygens (including phenoxy) is 2. The van der Waals surface area contributed by atoms with Crippen molar-refractivity contribution in [3.63, 3.8) is 0 Å². The number of carbonyl (C=O) groups is 1. The van der Waals surface area contributed by atoms with Gasteiger partial charge in [0.2, 0.25) is 0 Å². The summed E-state index contributed by atoms with van der Waals surface area (Å²) in [4.78, 5) is 16.7. The molecule has 7 nitrogen and oxygen atoms in total. The molecular formula is C21H26N4O3S. The number of aromatic nitrogens is 2. The zero-order chi connectivity index (χ0) is 20.5. The number of carbonyl (C=O) groups excluding carboxylic acids is 1. The normalized spacial score (nSPS) is 14.1. The van der Waals surface area contributed by atoms with Crippen molar-refractivity contribution in [2.45, 2.75) is 19.9 Å². The van der Waals surface area contributed by atoms with Crippen molar-refractivity contribution in [1.82, 2.24) is 20.0 Å². The van der Waals surface area contributed by atoms with Gasteiger partial charge in [-0.05, 0) is 42.7 Å². The summed E-state index contributed by atoms with van der Waals surface area (Å²) in [6.07, 6.45) is 0.965. The van der Waals surface area contributed by atoms with E-state index < -0.39 is 0 Å². The second-order valence-corrected chi connectivity index (χ2v) is 8.33. The Balaban J connectivity index is 1.35. The van der Waals surface area contributed by atoms with Crippen LogP contribution in [-0.4, -0.2) is 54.4 Å². The van der Waals surface area contributed by atoms with Crippen LogP contribution in [0.4, 0.5) is 0 Å². The molecule has 0 atom stereocenters. The highest BCUT2D eigenvalue weighted by Gasteiger charge is 2.20. The lowest BCUT2D eigenvalue weighted by Crippen LogP contribution is -2.37. The number of nitrogens with zero attached hydrogens (tertiary/aromatic N) is 3. The Labute approximate surface area is 174 Å². The quantitative estimate of drug-likeness (QED) is 0.672. The third-order valence-corrected chi connectivity index (χ3v) is 6.63. The van der Waals surface area contributed by atoms with Crippen molar-refractivity contribution < 1.29 is 14.3 Å². The average molecular weight is 415 g/mol. The standard InChI is InChI=1S/C21H26N4O3S/c1-13-16-11-19(29-21(16)24(2)23-13)20(26)22-6-8-25-7-5-14-9-17(27-3)18(28-4)10-15(14)12-25/h9-11H,5-8,12H2,1-4H3,(H,22,26). The Morgan fingerprint density at radius 1 is 1.21 bits per heavy atom. The number of hydrogen-bond donors (Lipinski definition) is 1. The number of aryl methyl sites for hydroxylation is 2. The molecule has 0 radical (unpaired) electrons. The first-order valence-corrected chi connectivity index (χ1v) is 10.5. The number of hydrogen-bond acceptors (Lipinski definition) is 6. The summed E-state index contributed by atoms with van der Waals surface area (Å²) in [6, 6.07) is 6.08. The molecule has 29 heavy (non-hydrogen) atoms. The minimum atomic E-state index is -0.0191. The van der Waals surface area contributed by atoms with E-state index in [2.05, 4.69) is 27.4 Å². The Bertz CT molecular complexity index is 1020. The monoisotopic (exact) mass is 414 g/mol. The van der Waals surface area contributed by atoms with Crippen LogP contribution < -0.4 is 14.8 Å². The maximum atomic E-state index is 12.5. The molecule has 0 aliphatic carbocycles. The third kappa shape index (κ3) is 3.82. The number of fused-ring (bicyclic) bond motifs is 2. The van der Waals surface area contributed by atoms with Gasteiger partial charge in [-0.3, -0.25) is 14.4 Å². The fraction of sp³-hybridized carbons (Fsp3) is 0.429. The second-order valence-electron chi connectivity index (χ2n) is 7.30. The van der Waals surface area contributed by atoms with Crippen LogP contribution >= 0.6 is 11.3 Å². The number of methoxy groups -OCH3 is 2. The topological polar surface area (TPSA) is 68.6 Å². The summed E-state index contributed by atoms with van der Waals surface area (Å²) in [5.41, 5.74) is 3.52. The summed E-state index contributed by atoms with van der Waals surface area (Å²) >= 11 is 1.49. The molecule has 0 spiro atoms. The molecule has 3 aromatic rings. The van der Waals surface area contributed by atoms with Crippen LogP contribution in [0.15, 0.2) is 18.2 Å². The molecule has 1 aliphatic heterocycles. The number of thiophene rings is 1. The SMILES string of the molecule is COc1cc2c(cc1OC)CN(CCNC(=O)c1cc3c(C)nn(C)c3s1)CC2. The van der Waals surface area contributed by atoms with Gasteiger partial charge in [0, 0.05) is 38.6 Å². The molecule has 154 valence electrons. The van der Waals surface area contributed by atoms with Gasteiger partial charge < -0.3 is 14.8 Å². The summed E-state index contributed by atoms with van der Waals surface area (Å²) in [7, 11) is 5.23. The zero-order valence-corrected chi connectivity index (χ0v) is 18.1. The van der Waals surface area contributed by atoms with Crippen molar-refractivity contribution in [3.05, 3.63) is 39.9 Å². The van der Waals surface area contributed by atoms with Crippen LogP contribution in [0, 0.1) is 6.92 Å². The van der Waals surface area contributed by atoms with Crippen molar-refractivity contribution in [2.75, 3.05) is 33.9 Å². The number of nitrogens with one attached hydrogen (secondary N) is 1. The molecule has 1 amide bonds. The Hall–Kier alpha value is -2.58. The van der Waals surface area contributed by atoms with Crippen LogP contribution in [0.1, 0.15) is 26.5 Å². The molecule has 8 heteroatoms. The maximum absolute atomic E-state index is 12.5. The van der Waals surface area contributed by atoms with E-state index in [1.54, 1.807) is 14.2 Å². The number of rotatable bonds is 6. The van der Waals surface area contributed by atoms with Crippen molar-refractivity contribution in [1.29, 1.82) is 0 Å². The van der Waals surface area contributed by atoms with Crippen molar-refractivity contribution in [3.8, 4) is 11.5 Å². The van der Waals surface area contributed by atoms with Crippen LogP contribution in [0.2, 0.25) is 0 Å². The molecule has 0 saturated heterocycles. The van der Waals surface area contributed by atoms with E-state index in [1.807, 2.05) is 24.7 Å². The largest absolute Gasteiger partial charge is 0.493 e. The van der Waals surface area contributed by atoms with Crippen LogP contribution in [0.25, 0.3) is 10.2 Å². The van der Waals surface area contributed by atoms with Gasteiger partial charge in [-0.25, -0.2) is 0 Å². The average Bonchev–Trinajstić information content (AvgIpc) is 3.28. The van der Waals surface area contributed by atoms with Crippen LogP contribution in [0.5, 0.6) is 11.5 Å². The summed E-state index contributed by atoms with van der Waals surface area (Å²) in [5.74, 6) is 1.52. The van der Waals surface area contributed by atoms with Gasteiger partial charge in [-0.15, -0.1) is 11.3 Å².